The molecule has 0 bridgehead atoms. The highest BCUT2D eigenvalue weighted by atomic mass is 16.5. The summed E-state index contributed by atoms with van der Waals surface area (Å²) in [5.74, 6) is 0.466. The Balaban J connectivity index is 1.47. The number of amides is 1. The first-order valence-electron chi connectivity index (χ1n) is 10.2. The van der Waals surface area contributed by atoms with Crippen molar-refractivity contribution in [2.45, 2.75) is 0 Å². The third-order valence-electron chi connectivity index (χ3n) is 5.08. The Labute approximate surface area is 189 Å². The molecule has 0 spiro atoms. The zero-order valence-corrected chi connectivity index (χ0v) is 17.7. The molecule has 33 heavy (non-hydrogen) atoms. The molecular weight excluding hydrogens is 418 g/mol. The van der Waals surface area contributed by atoms with Crippen LogP contribution in [0.25, 0.3) is 22.6 Å². The lowest BCUT2D eigenvalue weighted by molar-refractivity contribution is 0.102. The van der Waals surface area contributed by atoms with Crippen molar-refractivity contribution in [2.24, 2.45) is 0 Å². The molecule has 0 radical (unpaired) electrons. The maximum atomic E-state index is 13.3. The van der Waals surface area contributed by atoms with Crippen LogP contribution in [0.4, 0.5) is 5.69 Å². The van der Waals surface area contributed by atoms with Crippen LogP contribution in [0, 0.1) is 0 Å². The van der Waals surface area contributed by atoms with E-state index in [4.69, 9.17) is 9.84 Å². The van der Waals surface area contributed by atoms with Gasteiger partial charge in [-0.05, 0) is 71.1 Å². The van der Waals surface area contributed by atoms with Crippen LogP contribution >= 0.6 is 0 Å². The maximum absolute atomic E-state index is 13.3. The molecular formula is C24H19N7O2. The summed E-state index contributed by atoms with van der Waals surface area (Å²) in [4.78, 5) is 13.3. The number of anilines is 1. The Kier molecular flexibility index (Phi) is 5.34. The number of hydrogen-bond donors (Lipinski definition) is 1. The van der Waals surface area contributed by atoms with E-state index < -0.39 is 0 Å². The first-order valence-corrected chi connectivity index (χ1v) is 10.2. The summed E-state index contributed by atoms with van der Waals surface area (Å²) in [6.07, 6.45) is 3.24. The Hall–Kier alpha value is -4.79. The minimum atomic E-state index is -0.266. The Morgan fingerprint density at radius 3 is 2.27 bits per heavy atom. The number of methoxy groups -OCH3 is 1. The molecule has 0 saturated heterocycles. The van der Waals surface area contributed by atoms with Gasteiger partial charge < -0.3 is 10.1 Å². The van der Waals surface area contributed by atoms with Gasteiger partial charge in [0.1, 0.15) is 17.8 Å². The summed E-state index contributed by atoms with van der Waals surface area (Å²) in [6.45, 7) is 0. The minimum absolute atomic E-state index is 0.266. The molecule has 5 aromatic rings. The average Bonchev–Trinajstić information content (AvgIpc) is 3.56. The number of carbonyl (C=O) groups is 1. The normalized spacial score (nSPS) is 10.7. The number of ether oxygens (including phenoxy) is 1. The maximum Gasteiger partial charge on any atom is 0.259 e. The molecule has 0 aliphatic rings. The molecule has 0 saturated carbocycles. The Morgan fingerprint density at radius 1 is 0.879 bits per heavy atom. The van der Waals surface area contributed by atoms with Crippen molar-refractivity contribution in [3.05, 3.63) is 97.0 Å². The van der Waals surface area contributed by atoms with Crippen molar-refractivity contribution in [2.75, 3.05) is 12.4 Å². The van der Waals surface area contributed by atoms with Crippen LogP contribution in [0.5, 0.6) is 5.75 Å². The number of tetrazole rings is 1. The highest BCUT2D eigenvalue weighted by Crippen LogP contribution is 2.27. The molecule has 3 aromatic carbocycles. The minimum Gasteiger partial charge on any atom is -0.497 e. The Bertz CT molecular complexity index is 1360. The van der Waals surface area contributed by atoms with E-state index in [0.717, 1.165) is 22.7 Å². The van der Waals surface area contributed by atoms with Crippen LogP contribution in [-0.2, 0) is 0 Å². The predicted molar refractivity (Wildman–Crippen MR) is 123 cm³/mol. The summed E-state index contributed by atoms with van der Waals surface area (Å²) in [6, 6.07) is 24.3. The van der Waals surface area contributed by atoms with Gasteiger partial charge in [0, 0.05) is 17.4 Å². The largest absolute Gasteiger partial charge is 0.497 e. The molecule has 0 aliphatic carbocycles. The van der Waals surface area contributed by atoms with Gasteiger partial charge in [-0.15, -0.1) is 5.10 Å². The van der Waals surface area contributed by atoms with E-state index in [1.165, 1.54) is 11.0 Å². The van der Waals surface area contributed by atoms with E-state index in [2.05, 4.69) is 20.8 Å². The van der Waals surface area contributed by atoms with Crippen molar-refractivity contribution < 1.29 is 9.53 Å². The number of para-hydroxylation sites is 1. The summed E-state index contributed by atoms with van der Waals surface area (Å²) in [5.41, 5.74) is 4.12. The van der Waals surface area contributed by atoms with E-state index in [0.29, 0.717) is 16.9 Å². The second kappa shape index (κ2) is 8.75. The second-order valence-corrected chi connectivity index (χ2v) is 7.16. The number of benzene rings is 3. The smallest absolute Gasteiger partial charge is 0.259 e. The van der Waals surface area contributed by atoms with Crippen LogP contribution < -0.4 is 10.1 Å². The lowest BCUT2D eigenvalue weighted by atomic mass is 10.1. The highest BCUT2D eigenvalue weighted by Gasteiger charge is 2.19. The van der Waals surface area contributed by atoms with Gasteiger partial charge in [-0.3, -0.25) is 4.79 Å². The first-order chi connectivity index (χ1) is 16.2. The third-order valence-corrected chi connectivity index (χ3v) is 5.08. The summed E-state index contributed by atoms with van der Waals surface area (Å²) in [7, 11) is 1.61. The van der Waals surface area contributed by atoms with Gasteiger partial charge in [0.15, 0.2) is 0 Å². The van der Waals surface area contributed by atoms with Crippen LogP contribution in [0.3, 0.4) is 0 Å². The quantitative estimate of drug-likeness (QED) is 0.434. The van der Waals surface area contributed by atoms with Crippen molar-refractivity contribution in [1.82, 2.24) is 30.0 Å². The van der Waals surface area contributed by atoms with Crippen molar-refractivity contribution in [3.8, 4) is 28.4 Å². The number of nitrogens with one attached hydrogen (secondary N) is 1. The van der Waals surface area contributed by atoms with Crippen LogP contribution in [-0.4, -0.2) is 43.0 Å². The molecule has 2 heterocycles. The molecule has 162 valence electrons. The molecule has 9 nitrogen and oxygen atoms in total. The molecule has 1 N–H and O–H groups in total. The number of nitrogens with zero attached hydrogens (tertiary/aromatic N) is 6. The van der Waals surface area contributed by atoms with E-state index in [9.17, 15) is 4.79 Å². The van der Waals surface area contributed by atoms with Crippen LogP contribution in [0.2, 0.25) is 0 Å². The van der Waals surface area contributed by atoms with Gasteiger partial charge in [-0.2, -0.15) is 5.10 Å². The van der Waals surface area contributed by atoms with E-state index in [1.807, 2.05) is 66.7 Å². The number of aromatic nitrogens is 6. The fourth-order valence-corrected chi connectivity index (χ4v) is 3.39. The molecule has 5 rings (SSSR count). The van der Waals surface area contributed by atoms with Crippen LogP contribution in [0.1, 0.15) is 10.4 Å². The monoisotopic (exact) mass is 437 g/mol. The van der Waals surface area contributed by atoms with E-state index >= 15 is 0 Å². The number of rotatable bonds is 6. The Morgan fingerprint density at radius 2 is 1.61 bits per heavy atom. The van der Waals surface area contributed by atoms with E-state index in [1.54, 1.807) is 30.1 Å². The zero-order valence-electron chi connectivity index (χ0n) is 17.7. The van der Waals surface area contributed by atoms with Gasteiger partial charge in [-0.1, -0.05) is 18.2 Å². The molecule has 9 heteroatoms. The molecule has 0 fully saturated rings. The van der Waals surface area contributed by atoms with Crippen LogP contribution in [0.15, 0.2) is 91.4 Å². The van der Waals surface area contributed by atoms with Crippen molar-refractivity contribution in [1.29, 1.82) is 0 Å². The van der Waals surface area contributed by atoms with Gasteiger partial charge in [0.25, 0.3) is 5.91 Å². The summed E-state index contributed by atoms with van der Waals surface area (Å²) >= 11 is 0. The van der Waals surface area contributed by atoms with Crippen molar-refractivity contribution in [3.63, 3.8) is 0 Å². The molecule has 2 aromatic heterocycles. The van der Waals surface area contributed by atoms with Gasteiger partial charge in [0.2, 0.25) is 0 Å². The van der Waals surface area contributed by atoms with Crippen molar-refractivity contribution >= 4 is 11.6 Å². The lowest BCUT2D eigenvalue weighted by Crippen LogP contribution is -2.12. The standard InChI is InChI=1S/C24H19N7O2/c1-33-21-13-7-17(8-14-21)23-22(15-30(27-23)19-5-3-2-4-6-19)24(32)26-18-9-11-20(12-10-18)31-16-25-28-29-31/h2-16H,1H3,(H,26,32). The lowest BCUT2D eigenvalue weighted by Gasteiger charge is -2.07. The predicted octanol–water partition coefficient (Wildman–Crippen LogP) is 3.78. The van der Waals surface area contributed by atoms with Gasteiger partial charge in [0.05, 0.1) is 24.0 Å². The highest BCUT2D eigenvalue weighted by molar-refractivity contribution is 6.08. The molecule has 0 aliphatic heterocycles. The topological polar surface area (TPSA) is 99.8 Å². The average molecular weight is 437 g/mol. The fourth-order valence-electron chi connectivity index (χ4n) is 3.39. The summed E-state index contributed by atoms with van der Waals surface area (Å²) in [5, 5.41) is 18.8. The van der Waals surface area contributed by atoms with Gasteiger partial charge in [-0.25, -0.2) is 9.36 Å². The molecule has 0 atom stereocenters. The molecule has 0 unspecified atom stereocenters. The fraction of sp³-hybridized carbons (Fsp3) is 0.0417. The van der Waals surface area contributed by atoms with E-state index in [-0.39, 0.29) is 5.91 Å². The first kappa shape index (κ1) is 20.1. The number of carbonyl (C=O) groups excluding carboxylic acids is 1. The van der Waals surface area contributed by atoms with Gasteiger partial charge >= 0.3 is 0 Å². The SMILES string of the molecule is COc1ccc(-c2nn(-c3ccccc3)cc2C(=O)Nc2ccc(-n3cnnn3)cc2)cc1. The second-order valence-electron chi connectivity index (χ2n) is 7.16. The molecule has 1 amide bonds. The summed E-state index contributed by atoms with van der Waals surface area (Å²) < 4.78 is 8.50. The zero-order chi connectivity index (χ0) is 22.6. The third kappa shape index (κ3) is 4.19. The number of hydrogen-bond acceptors (Lipinski definition) is 6.